The highest BCUT2D eigenvalue weighted by Crippen LogP contribution is 2.30. The van der Waals surface area contributed by atoms with E-state index < -0.39 is 11.9 Å². The molecule has 124 valence electrons. The molecule has 2 aromatic rings. The molecule has 0 amide bonds. The molecular formula is C15H17F3N4O. The molecule has 0 unspecified atom stereocenters. The summed E-state index contributed by atoms with van der Waals surface area (Å²) in [6.07, 6.45) is -4.53. The molecule has 1 N–H and O–H groups in total. The van der Waals surface area contributed by atoms with Crippen LogP contribution < -0.4 is 15.0 Å². The number of nitrogens with one attached hydrogen (secondary N) is 1. The second-order valence-corrected chi connectivity index (χ2v) is 4.99. The number of benzene rings is 1. The smallest absolute Gasteiger partial charge is 0.433 e. The number of methoxy groups -OCH3 is 1. The fourth-order valence-corrected chi connectivity index (χ4v) is 1.91. The molecule has 1 heterocycles. The molecule has 0 aliphatic carbocycles. The van der Waals surface area contributed by atoms with Crippen molar-refractivity contribution in [3.05, 3.63) is 41.6 Å². The summed E-state index contributed by atoms with van der Waals surface area (Å²) in [6.45, 7) is 0.248. The quantitative estimate of drug-likeness (QED) is 0.914. The molecule has 0 radical (unpaired) electrons. The van der Waals surface area contributed by atoms with Crippen LogP contribution in [0.15, 0.2) is 30.3 Å². The molecule has 0 fully saturated rings. The molecule has 23 heavy (non-hydrogen) atoms. The maximum Gasteiger partial charge on any atom is 0.433 e. The van der Waals surface area contributed by atoms with Crippen molar-refractivity contribution in [2.24, 2.45) is 0 Å². The summed E-state index contributed by atoms with van der Waals surface area (Å²) in [4.78, 5) is 9.11. The second-order valence-electron chi connectivity index (χ2n) is 4.99. The molecule has 0 bridgehead atoms. The molecule has 0 atom stereocenters. The molecule has 1 aromatic carbocycles. The van der Waals surface area contributed by atoms with Gasteiger partial charge in [0.15, 0.2) is 5.69 Å². The summed E-state index contributed by atoms with van der Waals surface area (Å²) in [5, 5.41) is 2.81. The Morgan fingerprint density at radius 2 is 1.87 bits per heavy atom. The minimum absolute atomic E-state index is 0.0885. The summed E-state index contributed by atoms with van der Waals surface area (Å²) < 4.78 is 44.0. The summed E-state index contributed by atoms with van der Waals surface area (Å²) >= 11 is 0. The number of hydrogen-bond acceptors (Lipinski definition) is 5. The van der Waals surface area contributed by atoms with E-state index in [4.69, 9.17) is 4.74 Å². The van der Waals surface area contributed by atoms with Crippen molar-refractivity contribution in [3.8, 4) is 5.75 Å². The number of aromatic nitrogens is 2. The van der Waals surface area contributed by atoms with Gasteiger partial charge in [-0.25, -0.2) is 4.98 Å². The lowest BCUT2D eigenvalue weighted by atomic mass is 10.2. The molecule has 0 aliphatic rings. The van der Waals surface area contributed by atoms with Crippen LogP contribution in [0.2, 0.25) is 0 Å². The van der Waals surface area contributed by atoms with Gasteiger partial charge in [-0.1, -0.05) is 18.2 Å². The van der Waals surface area contributed by atoms with Gasteiger partial charge in [0.1, 0.15) is 11.6 Å². The van der Waals surface area contributed by atoms with Crippen LogP contribution in [0.4, 0.5) is 24.9 Å². The third-order valence-corrected chi connectivity index (χ3v) is 3.09. The number of anilines is 2. The van der Waals surface area contributed by atoms with E-state index in [1.807, 2.05) is 18.2 Å². The average Bonchev–Trinajstić information content (AvgIpc) is 2.52. The highest BCUT2D eigenvalue weighted by molar-refractivity contribution is 5.45. The molecular weight excluding hydrogens is 309 g/mol. The lowest BCUT2D eigenvalue weighted by molar-refractivity contribution is -0.141. The van der Waals surface area contributed by atoms with E-state index in [9.17, 15) is 13.2 Å². The minimum atomic E-state index is -4.53. The zero-order valence-electron chi connectivity index (χ0n) is 13.0. The van der Waals surface area contributed by atoms with Gasteiger partial charge in [-0.05, 0) is 6.07 Å². The van der Waals surface area contributed by atoms with Crippen LogP contribution in [0, 0.1) is 0 Å². The fourth-order valence-electron chi connectivity index (χ4n) is 1.91. The Labute approximate surface area is 132 Å². The SMILES string of the molecule is COc1ccccc1CNc1nc(N(C)C)cc(C(F)(F)F)n1. The van der Waals surface area contributed by atoms with Gasteiger partial charge in [-0.15, -0.1) is 0 Å². The first-order chi connectivity index (χ1) is 10.8. The molecule has 0 saturated carbocycles. The van der Waals surface area contributed by atoms with Crippen LogP contribution in [0.5, 0.6) is 5.75 Å². The van der Waals surface area contributed by atoms with Gasteiger partial charge < -0.3 is 15.0 Å². The summed E-state index contributed by atoms with van der Waals surface area (Å²) in [5.41, 5.74) is -0.193. The predicted molar refractivity (Wildman–Crippen MR) is 81.7 cm³/mol. The largest absolute Gasteiger partial charge is 0.496 e. The Morgan fingerprint density at radius 1 is 1.17 bits per heavy atom. The van der Waals surface area contributed by atoms with E-state index in [1.54, 1.807) is 20.2 Å². The van der Waals surface area contributed by atoms with Crippen molar-refractivity contribution in [2.45, 2.75) is 12.7 Å². The molecule has 5 nitrogen and oxygen atoms in total. The Morgan fingerprint density at radius 3 is 2.48 bits per heavy atom. The van der Waals surface area contributed by atoms with Crippen molar-refractivity contribution < 1.29 is 17.9 Å². The summed E-state index contributed by atoms with van der Waals surface area (Å²) in [5.74, 6) is 0.726. The van der Waals surface area contributed by atoms with Gasteiger partial charge in [0, 0.05) is 32.3 Å². The highest BCUT2D eigenvalue weighted by Gasteiger charge is 2.34. The van der Waals surface area contributed by atoms with Crippen LogP contribution in [0.3, 0.4) is 0 Å². The third kappa shape index (κ3) is 4.24. The number of halogens is 3. The van der Waals surface area contributed by atoms with E-state index in [-0.39, 0.29) is 18.3 Å². The summed E-state index contributed by atoms with van der Waals surface area (Å²) in [7, 11) is 4.77. The highest BCUT2D eigenvalue weighted by atomic mass is 19.4. The maximum absolute atomic E-state index is 12.9. The molecule has 0 spiro atoms. The average molecular weight is 326 g/mol. The van der Waals surface area contributed by atoms with Crippen molar-refractivity contribution in [1.29, 1.82) is 0 Å². The van der Waals surface area contributed by atoms with Crippen LogP contribution in [-0.2, 0) is 12.7 Å². The Bertz CT molecular complexity index is 674. The minimum Gasteiger partial charge on any atom is -0.496 e. The van der Waals surface area contributed by atoms with E-state index >= 15 is 0 Å². The number of para-hydroxylation sites is 1. The fraction of sp³-hybridized carbons (Fsp3) is 0.333. The number of alkyl halides is 3. The van der Waals surface area contributed by atoms with E-state index in [2.05, 4.69) is 15.3 Å². The first-order valence-electron chi connectivity index (χ1n) is 6.80. The number of nitrogens with zero attached hydrogens (tertiary/aromatic N) is 3. The zero-order chi connectivity index (χ0) is 17.0. The normalized spacial score (nSPS) is 11.2. The third-order valence-electron chi connectivity index (χ3n) is 3.09. The van der Waals surface area contributed by atoms with Gasteiger partial charge in [-0.3, -0.25) is 0 Å². The molecule has 8 heteroatoms. The first-order valence-corrected chi connectivity index (χ1v) is 6.80. The Hall–Kier alpha value is -2.51. The van der Waals surface area contributed by atoms with Crippen molar-refractivity contribution in [2.75, 3.05) is 31.4 Å². The number of hydrogen-bond donors (Lipinski definition) is 1. The van der Waals surface area contributed by atoms with E-state index in [0.29, 0.717) is 5.75 Å². The van der Waals surface area contributed by atoms with Crippen LogP contribution >= 0.6 is 0 Å². The van der Waals surface area contributed by atoms with Gasteiger partial charge in [0.05, 0.1) is 7.11 Å². The lowest BCUT2D eigenvalue weighted by Crippen LogP contribution is -2.17. The van der Waals surface area contributed by atoms with Crippen LogP contribution in [0.1, 0.15) is 11.3 Å². The predicted octanol–water partition coefficient (Wildman–Crippen LogP) is 3.18. The Balaban J connectivity index is 2.27. The molecule has 0 saturated heterocycles. The number of ether oxygens (including phenoxy) is 1. The monoisotopic (exact) mass is 326 g/mol. The lowest BCUT2D eigenvalue weighted by Gasteiger charge is -2.16. The van der Waals surface area contributed by atoms with Gasteiger partial charge >= 0.3 is 6.18 Å². The number of rotatable bonds is 5. The Kier molecular flexibility index (Phi) is 4.92. The van der Waals surface area contributed by atoms with Crippen molar-refractivity contribution in [3.63, 3.8) is 0 Å². The van der Waals surface area contributed by atoms with E-state index in [1.165, 1.54) is 12.0 Å². The molecule has 2 rings (SSSR count). The van der Waals surface area contributed by atoms with Gasteiger partial charge in [-0.2, -0.15) is 18.2 Å². The molecule has 1 aromatic heterocycles. The van der Waals surface area contributed by atoms with Crippen molar-refractivity contribution in [1.82, 2.24) is 9.97 Å². The van der Waals surface area contributed by atoms with Crippen LogP contribution in [0.25, 0.3) is 0 Å². The van der Waals surface area contributed by atoms with Crippen LogP contribution in [-0.4, -0.2) is 31.2 Å². The standard InChI is InChI=1S/C15H17F3N4O/c1-22(2)13-8-12(15(16,17)18)20-14(21-13)19-9-10-6-4-5-7-11(10)23-3/h4-8H,9H2,1-3H3,(H,19,20,21). The molecule has 0 aliphatic heterocycles. The first kappa shape index (κ1) is 16.9. The van der Waals surface area contributed by atoms with Gasteiger partial charge in [0.2, 0.25) is 5.95 Å². The van der Waals surface area contributed by atoms with Crippen molar-refractivity contribution >= 4 is 11.8 Å². The van der Waals surface area contributed by atoms with E-state index in [0.717, 1.165) is 11.6 Å². The topological polar surface area (TPSA) is 50.3 Å². The van der Waals surface area contributed by atoms with Gasteiger partial charge in [0.25, 0.3) is 0 Å². The second kappa shape index (κ2) is 6.72. The summed E-state index contributed by atoms with van der Waals surface area (Å²) in [6, 6.07) is 8.13. The maximum atomic E-state index is 12.9. The zero-order valence-corrected chi connectivity index (χ0v) is 13.0.